The smallest absolute Gasteiger partial charge is 0.306 e. The zero-order valence-electron chi connectivity index (χ0n) is 15.6. The van der Waals surface area contributed by atoms with Crippen molar-refractivity contribution in [2.24, 2.45) is 0 Å². The maximum absolute atomic E-state index is 12.3. The molecule has 29 heavy (non-hydrogen) atoms. The van der Waals surface area contributed by atoms with Gasteiger partial charge in [-0.1, -0.05) is 23.7 Å². The Kier molecular flexibility index (Phi) is 6.23. The maximum atomic E-state index is 12.3. The van der Waals surface area contributed by atoms with Gasteiger partial charge in [-0.2, -0.15) is 0 Å². The minimum Gasteiger partial charge on any atom is -0.453 e. The quantitative estimate of drug-likeness (QED) is 0.550. The molecule has 0 aliphatic carbocycles. The van der Waals surface area contributed by atoms with Crippen molar-refractivity contribution >= 4 is 41.1 Å². The molecule has 0 unspecified atom stereocenters. The number of anilines is 1. The van der Waals surface area contributed by atoms with Gasteiger partial charge in [-0.15, -0.1) is 0 Å². The molecule has 1 N–H and O–H groups in total. The van der Waals surface area contributed by atoms with Gasteiger partial charge in [-0.25, -0.2) is 4.98 Å². The lowest BCUT2D eigenvalue weighted by Crippen LogP contribution is -2.32. The molecule has 0 bridgehead atoms. The summed E-state index contributed by atoms with van der Waals surface area (Å²) in [5, 5.41) is 2.94. The summed E-state index contributed by atoms with van der Waals surface area (Å²) in [6, 6.07) is 9.67. The van der Waals surface area contributed by atoms with Crippen molar-refractivity contribution < 1.29 is 23.9 Å². The van der Waals surface area contributed by atoms with E-state index < -0.39 is 18.0 Å². The lowest BCUT2D eigenvalue weighted by Gasteiger charge is -2.15. The van der Waals surface area contributed by atoms with Crippen LogP contribution in [0.4, 0.5) is 5.82 Å². The molecule has 150 valence electrons. The fourth-order valence-corrected chi connectivity index (χ4v) is 2.92. The Labute approximate surface area is 171 Å². The molecule has 1 aliphatic rings. The van der Waals surface area contributed by atoms with Gasteiger partial charge in [0.05, 0.1) is 16.1 Å². The number of nitrogens with one attached hydrogen (secondary N) is 1. The summed E-state index contributed by atoms with van der Waals surface area (Å²) in [6.45, 7) is 1.53. The van der Waals surface area contributed by atoms with Crippen molar-refractivity contribution in [1.29, 1.82) is 0 Å². The van der Waals surface area contributed by atoms with Gasteiger partial charge in [0, 0.05) is 19.2 Å². The summed E-state index contributed by atoms with van der Waals surface area (Å²) in [4.78, 5) is 53.6. The van der Waals surface area contributed by atoms with E-state index in [9.17, 15) is 19.2 Å². The van der Waals surface area contributed by atoms with Crippen LogP contribution >= 0.6 is 11.6 Å². The largest absolute Gasteiger partial charge is 0.453 e. The fourth-order valence-electron chi connectivity index (χ4n) is 2.81. The van der Waals surface area contributed by atoms with Gasteiger partial charge in [-0.05, 0) is 37.6 Å². The summed E-state index contributed by atoms with van der Waals surface area (Å²) < 4.78 is 5.10. The molecule has 1 aromatic heterocycles. The number of esters is 1. The van der Waals surface area contributed by atoms with Crippen molar-refractivity contribution in [2.75, 3.05) is 11.9 Å². The molecule has 1 atom stereocenters. The number of hydrogen-bond donors (Lipinski definition) is 1. The number of aromatic nitrogens is 1. The van der Waals surface area contributed by atoms with Crippen LogP contribution in [0, 0.1) is 0 Å². The van der Waals surface area contributed by atoms with Crippen molar-refractivity contribution in [3.05, 3.63) is 58.7 Å². The van der Waals surface area contributed by atoms with E-state index in [-0.39, 0.29) is 37.0 Å². The molecule has 3 amide bonds. The zero-order valence-corrected chi connectivity index (χ0v) is 16.3. The molecule has 3 rings (SSSR count). The van der Waals surface area contributed by atoms with Crippen LogP contribution < -0.4 is 5.32 Å². The number of halogens is 1. The summed E-state index contributed by atoms with van der Waals surface area (Å²) in [5.74, 6) is -1.60. The van der Waals surface area contributed by atoms with Crippen LogP contribution in [0.5, 0.6) is 0 Å². The van der Waals surface area contributed by atoms with E-state index in [0.717, 1.165) is 4.90 Å². The lowest BCUT2D eigenvalue weighted by atomic mass is 10.1. The van der Waals surface area contributed by atoms with Crippen LogP contribution in [0.3, 0.4) is 0 Å². The third-order valence-electron chi connectivity index (χ3n) is 4.30. The average Bonchev–Trinajstić information content (AvgIpc) is 2.95. The minimum absolute atomic E-state index is 0.0375. The Bertz CT molecular complexity index is 926. The molecular formula is C20H18ClN3O5. The fraction of sp³-hybridized carbons (Fsp3) is 0.250. The van der Waals surface area contributed by atoms with E-state index in [4.69, 9.17) is 16.3 Å². The molecule has 1 aliphatic heterocycles. The van der Waals surface area contributed by atoms with E-state index >= 15 is 0 Å². The predicted octanol–water partition coefficient (Wildman–Crippen LogP) is 2.68. The number of carbonyl (C=O) groups is 4. The summed E-state index contributed by atoms with van der Waals surface area (Å²) in [7, 11) is 0. The van der Waals surface area contributed by atoms with Crippen LogP contribution in [0.2, 0.25) is 5.02 Å². The number of pyridine rings is 1. The number of benzene rings is 1. The Morgan fingerprint density at radius 3 is 2.38 bits per heavy atom. The number of nitrogens with zero attached hydrogens (tertiary/aromatic N) is 2. The SMILES string of the molecule is C[C@H](OC(=O)CCCN1C(=O)c2ccccc2C1=O)C(=O)Nc1ccc(Cl)cn1. The highest BCUT2D eigenvalue weighted by Crippen LogP contribution is 2.22. The Morgan fingerprint density at radius 2 is 1.79 bits per heavy atom. The molecule has 0 saturated carbocycles. The first-order valence-corrected chi connectivity index (χ1v) is 9.31. The van der Waals surface area contributed by atoms with Gasteiger partial charge in [-0.3, -0.25) is 24.1 Å². The summed E-state index contributed by atoms with van der Waals surface area (Å²) in [5.41, 5.74) is 0.724. The highest BCUT2D eigenvalue weighted by atomic mass is 35.5. The van der Waals surface area contributed by atoms with Crippen molar-refractivity contribution in [3.63, 3.8) is 0 Å². The van der Waals surface area contributed by atoms with Crippen molar-refractivity contribution in [2.45, 2.75) is 25.9 Å². The van der Waals surface area contributed by atoms with Gasteiger partial charge >= 0.3 is 5.97 Å². The summed E-state index contributed by atoms with van der Waals surface area (Å²) in [6.07, 6.45) is 0.550. The van der Waals surface area contributed by atoms with Crippen LogP contribution in [0.25, 0.3) is 0 Å². The van der Waals surface area contributed by atoms with Crippen LogP contribution in [-0.2, 0) is 14.3 Å². The first-order chi connectivity index (χ1) is 13.9. The van der Waals surface area contributed by atoms with Gasteiger partial charge in [0.1, 0.15) is 5.82 Å². The highest BCUT2D eigenvalue weighted by molar-refractivity contribution is 6.30. The molecule has 0 saturated heterocycles. The molecular weight excluding hydrogens is 398 g/mol. The van der Waals surface area contributed by atoms with E-state index in [2.05, 4.69) is 10.3 Å². The van der Waals surface area contributed by atoms with E-state index in [1.807, 2.05) is 0 Å². The van der Waals surface area contributed by atoms with E-state index in [1.165, 1.54) is 19.2 Å². The van der Waals surface area contributed by atoms with E-state index in [1.54, 1.807) is 30.3 Å². The molecule has 9 heteroatoms. The monoisotopic (exact) mass is 415 g/mol. The third kappa shape index (κ3) is 4.78. The van der Waals surface area contributed by atoms with Crippen LogP contribution in [-0.4, -0.2) is 46.2 Å². The van der Waals surface area contributed by atoms with Gasteiger partial charge in [0.15, 0.2) is 6.10 Å². The highest BCUT2D eigenvalue weighted by Gasteiger charge is 2.34. The van der Waals surface area contributed by atoms with Crippen molar-refractivity contribution in [3.8, 4) is 0 Å². The normalized spacial score (nSPS) is 13.8. The predicted molar refractivity (Wildman–Crippen MR) is 104 cm³/mol. The number of fused-ring (bicyclic) bond motifs is 1. The number of imide groups is 1. The Morgan fingerprint density at radius 1 is 1.14 bits per heavy atom. The molecule has 0 radical (unpaired) electrons. The van der Waals surface area contributed by atoms with Crippen LogP contribution in [0.1, 0.15) is 40.5 Å². The summed E-state index contributed by atoms with van der Waals surface area (Å²) >= 11 is 5.73. The van der Waals surface area contributed by atoms with Gasteiger partial charge in [0.25, 0.3) is 17.7 Å². The standard InChI is InChI=1S/C20H18ClN3O5/c1-12(18(26)23-16-9-8-13(21)11-22-16)29-17(25)7-4-10-24-19(27)14-5-2-3-6-15(14)20(24)28/h2-3,5-6,8-9,11-12H,4,7,10H2,1H3,(H,22,23,26)/t12-/m0/s1. The zero-order chi connectivity index (χ0) is 21.0. The molecule has 8 nitrogen and oxygen atoms in total. The van der Waals surface area contributed by atoms with Crippen molar-refractivity contribution in [1.82, 2.24) is 9.88 Å². The van der Waals surface area contributed by atoms with Crippen LogP contribution in [0.15, 0.2) is 42.6 Å². The second kappa shape index (κ2) is 8.83. The first-order valence-electron chi connectivity index (χ1n) is 8.94. The number of ether oxygens (including phenoxy) is 1. The third-order valence-corrected chi connectivity index (χ3v) is 4.52. The second-order valence-electron chi connectivity index (χ2n) is 6.39. The van der Waals surface area contributed by atoms with E-state index in [0.29, 0.717) is 16.1 Å². The van der Waals surface area contributed by atoms with Gasteiger partial charge < -0.3 is 10.1 Å². The number of carbonyl (C=O) groups excluding carboxylic acids is 4. The molecule has 1 aromatic carbocycles. The number of amides is 3. The molecule has 2 aromatic rings. The Balaban J connectivity index is 1.44. The molecule has 0 fully saturated rings. The average molecular weight is 416 g/mol. The molecule has 2 heterocycles. The topological polar surface area (TPSA) is 106 Å². The Hall–Kier alpha value is -3.26. The second-order valence-corrected chi connectivity index (χ2v) is 6.83. The molecule has 0 spiro atoms. The maximum Gasteiger partial charge on any atom is 0.306 e. The lowest BCUT2D eigenvalue weighted by molar-refractivity contribution is -0.153. The first kappa shape index (κ1) is 20.5. The minimum atomic E-state index is -1.03. The van der Waals surface area contributed by atoms with Gasteiger partial charge in [0.2, 0.25) is 0 Å². The number of rotatable bonds is 7. The number of hydrogen-bond acceptors (Lipinski definition) is 6.